The molecular formula is C54H35N3O2S. The lowest BCUT2D eigenvalue weighted by atomic mass is 10.0. The van der Waals surface area contributed by atoms with Crippen molar-refractivity contribution < 1.29 is 9.15 Å². The summed E-state index contributed by atoms with van der Waals surface area (Å²) in [4.78, 5) is 9.48. The number of fused-ring (bicyclic) bond motifs is 7. The highest BCUT2D eigenvalue weighted by molar-refractivity contribution is 7.99. The van der Waals surface area contributed by atoms with Crippen molar-refractivity contribution >= 4 is 84.9 Å². The van der Waals surface area contributed by atoms with Crippen LogP contribution in [0.4, 0.5) is 51.2 Å². The Kier molecular flexibility index (Phi) is 8.03. The fraction of sp³-hybridized carbons (Fsp3) is 0. The second-order valence-corrected chi connectivity index (χ2v) is 16.0. The van der Waals surface area contributed by atoms with E-state index in [1.807, 2.05) is 48.2 Å². The van der Waals surface area contributed by atoms with E-state index >= 15 is 0 Å². The van der Waals surface area contributed by atoms with E-state index in [0.717, 1.165) is 90.2 Å². The fourth-order valence-corrected chi connectivity index (χ4v) is 9.76. The van der Waals surface area contributed by atoms with Crippen molar-refractivity contribution in [1.29, 1.82) is 0 Å². The zero-order valence-electron chi connectivity index (χ0n) is 32.3. The molecular weight excluding hydrogens is 755 g/mol. The molecule has 0 aliphatic carbocycles. The van der Waals surface area contributed by atoms with Crippen molar-refractivity contribution in [2.24, 2.45) is 0 Å². The molecule has 12 rings (SSSR count). The molecule has 3 heterocycles. The zero-order chi connectivity index (χ0) is 39.6. The van der Waals surface area contributed by atoms with E-state index in [1.54, 1.807) is 0 Å². The van der Waals surface area contributed by atoms with Gasteiger partial charge in [-0.1, -0.05) is 133 Å². The van der Waals surface area contributed by atoms with Gasteiger partial charge < -0.3 is 23.9 Å². The summed E-state index contributed by atoms with van der Waals surface area (Å²) >= 11 is 1.81. The van der Waals surface area contributed by atoms with E-state index in [0.29, 0.717) is 0 Å². The van der Waals surface area contributed by atoms with Gasteiger partial charge in [0.05, 0.1) is 45.5 Å². The number of ether oxygens (including phenoxy) is 1. The molecule has 0 amide bonds. The monoisotopic (exact) mass is 789 g/mol. The van der Waals surface area contributed by atoms with Crippen LogP contribution in [0, 0.1) is 0 Å². The van der Waals surface area contributed by atoms with Gasteiger partial charge in [-0.3, -0.25) is 0 Å². The minimum Gasteiger partial charge on any atom is -0.454 e. The lowest BCUT2D eigenvalue weighted by Crippen LogP contribution is -2.19. The third-order valence-electron chi connectivity index (χ3n) is 11.4. The Morgan fingerprint density at radius 3 is 1.62 bits per heavy atom. The van der Waals surface area contributed by atoms with Crippen molar-refractivity contribution in [2.45, 2.75) is 9.79 Å². The van der Waals surface area contributed by atoms with Crippen molar-refractivity contribution in [3.63, 3.8) is 0 Å². The largest absolute Gasteiger partial charge is 0.454 e. The highest BCUT2D eigenvalue weighted by atomic mass is 32.2. The second-order valence-electron chi connectivity index (χ2n) is 15.0. The molecule has 284 valence electrons. The number of nitrogens with zero attached hydrogens (tertiary/aromatic N) is 3. The second kappa shape index (κ2) is 14.0. The van der Waals surface area contributed by atoms with Crippen LogP contribution in [0.3, 0.4) is 0 Å². The molecule has 0 saturated heterocycles. The average molecular weight is 790 g/mol. The van der Waals surface area contributed by atoms with E-state index in [2.05, 4.69) is 191 Å². The molecule has 60 heavy (non-hydrogen) atoms. The van der Waals surface area contributed by atoms with Gasteiger partial charge in [0.15, 0.2) is 17.1 Å². The molecule has 0 bridgehead atoms. The average Bonchev–Trinajstić information content (AvgIpc) is 3.70. The Labute approximate surface area is 351 Å². The van der Waals surface area contributed by atoms with Crippen LogP contribution in [-0.2, 0) is 0 Å². The van der Waals surface area contributed by atoms with E-state index < -0.39 is 0 Å². The van der Waals surface area contributed by atoms with Crippen molar-refractivity contribution in [3.05, 3.63) is 212 Å². The summed E-state index contributed by atoms with van der Waals surface area (Å²) in [6, 6.07) is 75.0. The van der Waals surface area contributed by atoms with Crippen LogP contribution in [0.25, 0.3) is 33.1 Å². The lowest BCUT2D eigenvalue weighted by molar-refractivity contribution is 0.477. The van der Waals surface area contributed by atoms with E-state index in [9.17, 15) is 0 Å². The van der Waals surface area contributed by atoms with Crippen LogP contribution < -0.4 is 19.4 Å². The molecule has 5 nitrogen and oxygen atoms in total. The van der Waals surface area contributed by atoms with Gasteiger partial charge in [-0.2, -0.15) is 0 Å². The van der Waals surface area contributed by atoms with Gasteiger partial charge in [0, 0.05) is 26.3 Å². The third kappa shape index (κ3) is 5.64. The Hall–Kier alpha value is -7.67. The molecule has 0 fully saturated rings. The van der Waals surface area contributed by atoms with Crippen LogP contribution >= 0.6 is 11.8 Å². The Bertz CT molecular complexity index is 3040. The maximum absolute atomic E-state index is 6.80. The number of rotatable bonds is 6. The summed E-state index contributed by atoms with van der Waals surface area (Å²) in [6.45, 7) is 0. The maximum Gasteiger partial charge on any atom is 0.159 e. The van der Waals surface area contributed by atoms with E-state index in [1.165, 1.54) is 15.4 Å². The van der Waals surface area contributed by atoms with Crippen molar-refractivity contribution in [2.75, 3.05) is 14.7 Å². The van der Waals surface area contributed by atoms with Crippen molar-refractivity contribution in [3.8, 4) is 22.6 Å². The molecule has 0 spiro atoms. The quantitative estimate of drug-likeness (QED) is 0.167. The lowest BCUT2D eigenvalue weighted by Gasteiger charge is -2.37. The Morgan fingerprint density at radius 2 is 0.933 bits per heavy atom. The highest BCUT2D eigenvalue weighted by Gasteiger charge is 2.31. The first kappa shape index (κ1) is 34.4. The molecule has 0 unspecified atom stereocenters. The number of benzene rings is 9. The van der Waals surface area contributed by atoms with Crippen LogP contribution in [0.15, 0.2) is 227 Å². The van der Waals surface area contributed by atoms with E-state index in [-0.39, 0.29) is 0 Å². The summed E-state index contributed by atoms with van der Waals surface area (Å²) in [5.74, 6) is 1.60. The molecule has 2 aliphatic rings. The van der Waals surface area contributed by atoms with Gasteiger partial charge in [-0.25, -0.2) is 0 Å². The summed E-state index contributed by atoms with van der Waals surface area (Å²) < 4.78 is 13.3. The van der Waals surface area contributed by atoms with Gasteiger partial charge >= 0.3 is 0 Å². The number of hydrogen-bond acceptors (Lipinski definition) is 6. The Balaban J connectivity index is 1.15. The first-order valence-electron chi connectivity index (χ1n) is 20.1. The van der Waals surface area contributed by atoms with Crippen molar-refractivity contribution in [1.82, 2.24) is 0 Å². The smallest absolute Gasteiger partial charge is 0.159 e. The van der Waals surface area contributed by atoms with E-state index in [4.69, 9.17) is 9.15 Å². The molecule has 0 radical (unpaired) electrons. The fourth-order valence-electron chi connectivity index (χ4n) is 8.70. The summed E-state index contributed by atoms with van der Waals surface area (Å²) in [5.41, 5.74) is 13.1. The van der Waals surface area contributed by atoms with Crippen LogP contribution in [-0.4, -0.2) is 0 Å². The number of para-hydroxylation sites is 8. The molecule has 0 N–H and O–H groups in total. The minimum atomic E-state index is 0.800. The van der Waals surface area contributed by atoms with Gasteiger partial charge in [-0.15, -0.1) is 0 Å². The first-order valence-corrected chi connectivity index (χ1v) is 20.9. The maximum atomic E-state index is 6.80. The normalized spacial score (nSPS) is 12.7. The van der Waals surface area contributed by atoms with Crippen LogP contribution in [0.5, 0.6) is 11.5 Å². The standard InChI is InChI=1S/C54H35N3O2S/c1-2-15-36(16-3-1)37-29-31-38(32-30-37)55(48-23-14-18-43-42-17-4-9-24-49(42)59-54(43)48)39-33-40(56-44-19-5-10-25-50(44)58-51-26-11-6-20-45(51)56)35-41(34-39)57-46-21-7-12-27-52(46)60-53-28-13-8-22-47(53)57/h1-35H. The topological polar surface area (TPSA) is 32.1 Å². The highest BCUT2D eigenvalue weighted by Crippen LogP contribution is 2.56. The van der Waals surface area contributed by atoms with Gasteiger partial charge in [0.25, 0.3) is 0 Å². The summed E-state index contributed by atoms with van der Waals surface area (Å²) in [7, 11) is 0. The van der Waals surface area contributed by atoms with Crippen LogP contribution in [0.1, 0.15) is 0 Å². The van der Waals surface area contributed by atoms with Gasteiger partial charge in [0.2, 0.25) is 0 Å². The predicted octanol–water partition coefficient (Wildman–Crippen LogP) is 16.2. The van der Waals surface area contributed by atoms with Gasteiger partial charge in [-0.05, 0) is 102 Å². The minimum absolute atomic E-state index is 0.800. The summed E-state index contributed by atoms with van der Waals surface area (Å²) in [6.07, 6.45) is 0. The number of hydrogen-bond donors (Lipinski definition) is 0. The summed E-state index contributed by atoms with van der Waals surface area (Å²) in [5, 5.41) is 2.15. The number of anilines is 9. The molecule has 0 saturated carbocycles. The number of furan rings is 1. The SMILES string of the molecule is c1ccc(-c2ccc(N(c3cc(N4c5ccccc5Oc5ccccc54)cc(N4c5ccccc5Sc5ccccc54)c3)c3cccc4c3oc3ccccc34)cc2)cc1. The molecule has 1 aromatic heterocycles. The predicted molar refractivity (Wildman–Crippen MR) is 247 cm³/mol. The molecule has 10 aromatic rings. The van der Waals surface area contributed by atoms with Crippen LogP contribution in [0.2, 0.25) is 0 Å². The van der Waals surface area contributed by atoms with Gasteiger partial charge in [0.1, 0.15) is 5.58 Å². The molecule has 9 aromatic carbocycles. The molecule has 6 heteroatoms. The third-order valence-corrected chi connectivity index (χ3v) is 12.5. The molecule has 0 atom stereocenters. The zero-order valence-corrected chi connectivity index (χ0v) is 33.1. The Morgan fingerprint density at radius 1 is 0.400 bits per heavy atom. The first-order chi connectivity index (χ1) is 29.7. The molecule has 2 aliphatic heterocycles.